The number of thiocarbonyl (C=S) groups is 1. The van der Waals surface area contributed by atoms with Crippen LogP contribution in [0.15, 0.2) is 18.3 Å². The van der Waals surface area contributed by atoms with Gasteiger partial charge in [0.15, 0.2) is 0 Å². The molecule has 2 rings (SSSR count). The van der Waals surface area contributed by atoms with E-state index in [1.54, 1.807) is 6.20 Å². The molecule has 0 radical (unpaired) electrons. The summed E-state index contributed by atoms with van der Waals surface area (Å²) in [5.41, 5.74) is 7.54. The minimum absolute atomic E-state index is 0.201. The van der Waals surface area contributed by atoms with Crippen molar-refractivity contribution >= 4 is 22.9 Å². The van der Waals surface area contributed by atoms with Crippen LogP contribution in [0.25, 0.3) is 0 Å². The molecule has 0 aromatic carbocycles. The van der Waals surface area contributed by atoms with Crippen molar-refractivity contribution in [1.29, 1.82) is 0 Å². The molecule has 1 aliphatic rings. The second-order valence-electron chi connectivity index (χ2n) is 5.04. The van der Waals surface area contributed by atoms with Crippen LogP contribution in [0.4, 0.5) is 5.69 Å². The number of hydrogen-bond donors (Lipinski definition) is 2. The zero-order chi connectivity index (χ0) is 12.3. The molecule has 0 aliphatic heterocycles. The number of hydrogen-bond acceptors (Lipinski definition) is 3. The topological polar surface area (TPSA) is 50.9 Å². The quantitative estimate of drug-likeness (QED) is 0.809. The first-order chi connectivity index (χ1) is 8.09. The molecule has 17 heavy (non-hydrogen) atoms. The van der Waals surface area contributed by atoms with Gasteiger partial charge in [0.1, 0.15) is 4.99 Å². The Bertz CT molecular complexity index is 411. The SMILES string of the molecule is CC1(Nc2ccnc(C(N)=S)c2)CCCCC1. The van der Waals surface area contributed by atoms with E-state index < -0.39 is 0 Å². The number of aromatic nitrogens is 1. The monoisotopic (exact) mass is 249 g/mol. The van der Waals surface area contributed by atoms with Gasteiger partial charge in [-0.05, 0) is 31.9 Å². The van der Waals surface area contributed by atoms with Crippen LogP contribution in [0.5, 0.6) is 0 Å². The van der Waals surface area contributed by atoms with E-state index in [2.05, 4.69) is 17.2 Å². The van der Waals surface area contributed by atoms with Crippen molar-refractivity contribution in [2.75, 3.05) is 5.32 Å². The zero-order valence-electron chi connectivity index (χ0n) is 10.2. The number of nitrogens with zero attached hydrogens (tertiary/aromatic N) is 1. The zero-order valence-corrected chi connectivity index (χ0v) is 11.0. The molecule has 0 spiro atoms. The van der Waals surface area contributed by atoms with Crippen molar-refractivity contribution in [3.8, 4) is 0 Å². The molecule has 3 nitrogen and oxygen atoms in total. The summed E-state index contributed by atoms with van der Waals surface area (Å²) < 4.78 is 0. The van der Waals surface area contributed by atoms with Gasteiger partial charge in [0.2, 0.25) is 0 Å². The predicted octanol–water partition coefficient (Wildman–Crippen LogP) is 2.85. The summed E-state index contributed by atoms with van der Waals surface area (Å²) in [5, 5.41) is 3.60. The average Bonchev–Trinajstić information content (AvgIpc) is 2.29. The van der Waals surface area contributed by atoms with E-state index in [1.165, 1.54) is 32.1 Å². The Labute approximate surface area is 108 Å². The van der Waals surface area contributed by atoms with E-state index in [0.717, 1.165) is 5.69 Å². The molecule has 0 atom stereocenters. The molecule has 4 heteroatoms. The highest BCUT2D eigenvalue weighted by atomic mass is 32.1. The van der Waals surface area contributed by atoms with Crippen molar-refractivity contribution in [1.82, 2.24) is 4.98 Å². The summed E-state index contributed by atoms with van der Waals surface area (Å²) in [5.74, 6) is 0. The average molecular weight is 249 g/mol. The van der Waals surface area contributed by atoms with Gasteiger partial charge in [0, 0.05) is 17.4 Å². The summed E-state index contributed by atoms with van der Waals surface area (Å²) >= 11 is 4.94. The summed E-state index contributed by atoms with van der Waals surface area (Å²) in [6, 6.07) is 3.91. The van der Waals surface area contributed by atoms with Crippen molar-refractivity contribution < 1.29 is 0 Å². The Balaban J connectivity index is 2.12. The van der Waals surface area contributed by atoms with Gasteiger partial charge in [-0.2, -0.15) is 0 Å². The number of pyridine rings is 1. The normalized spacial score (nSPS) is 18.6. The van der Waals surface area contributed by atoms with Crippen LogP contribution >= 0.6 is 12.2 Å². The van der Waals surface area contributed by atoms with Crippen molar-refractivity contribution in [3.05, 3.63) is 24.0 Å². The lowest BCUT2D eigenvalue weighted by Gasteiger charge is -2.35. The number of rotatable bonds is 3. The largest absolute Gasteiger partial charge is 0.388 e. The fourth-order valence-electron chi connectivity index (χ4n) is 2.45. The van der Waals surface area contributed by atoms with Gasteiger partial charge in [-0.3, -0.25) is 4.98 Å². The molecule has 1 aromatic rings. The first-order valence-corrected chi connectivity index (χ1v) is 6.54. The Kier molecular flexibility index (Phi) is 3.62. The van der Waals surface area contributed by atoms with Gasteiger partial charge in [0.05, 0.1) is 5.69 Å². The number of nitrogens with two attached hydrogens (primary N) is 1. The lowest BCUT2D eigenvalue weighted by Crippen LogP contribution is -2.36. The number of nitrogens with one attached hydrogen (secondary N) is 1. The molecule has 1 saturated carbocycles. The molecular weight excluding hydrogens is 230 g/mol. The third-order valence-electron chi connectivity index (χ3n) is 3.42. The van der Waals surface area contributed by atoms with Gasteiger partial charge in [0.25, 0.3) is 0 Å². The van der Waals surface area contributed by atoms with Crippen LogP contribution in [0, 0.1) is 0 Å². The Morgan fingerprint density at radius 3 is 2.76 bits per heavy atom. The molecule has 1 aromatic heterocycles. The van der Waals surface area contributed by atoms with E-state index in [0.29, 0.717) is 10.7 Å². The summed E-state index contributed by atoms with van der Waals surface area (Å²) in [6.07, 6.45) is 8.15. The first-order valence-electron chi connectivity index (χ1n) is 6.13. The van der Waals surface area contributed by atoms with Gasteiger partial charge >= 0.3 is 0 Å². The fraction of sp³-hybridized carbons (Fsp3) is 0.538. The molecule has 0 saturated heterocycles. The van der Waals surface area contributed by atoms with Gasteiger partial charge in [-0.1, -0.05) is 31.5 Å². The third-order valence-corrected chi connectivity index (χ3v) is 3.62. The van der Waals surface area contributed by atoms with E-state index in [4.69, 9.17) is 18.0 Å². The maximum Gasteiger partial charge on any atom is 0.122 e. The third kappa shape index (κ3) is 3.16. The van der Waals surface area contributed by atoms with Gasteiger partial charge in [-0.15, -0.1) is 0 Å². The molecule has 1 heterocycles. The van der Waals surface area contributed by atoms with Crippen LogP contribution in [0.1, 0.15) is 44.7 Å². The van der Waals surface area contributed by atoms with Crippen molar-refractivity contribution in [2.45, 2.75) is 44.6 Å². The minimum atomic E-state index is 0.201. The minimum Gasteiger partial charge on any atom is -0.388 e. The summed E-state index contributed by atoms with van der Waals surface area (Å²) in [6.45, 7) is 2.28. The molecule has 0 unspecified atom stereocenters. The molecule has 1 fully saturated rings. The lowest BCUT2D eigenvalue weighted by molar-refractivity contribution is 0.349. The van der Waals surface area contributed by atoms with Crippen molar-refractivity contribution in [2.24, 2.45) is 5.73 Å². The van der Waals surface area contributed by atoms with E-state index >= 15 is 0 Å². The van der Waals surface area contributed by atoms with Crippen molar-refractivity contribution in [3.63, 3.8) is 0 Å². The maximum absolute atomic E-state index is 5.59. The smallest absolute Gasteiger partial charge is 0.122 e. The Morgan fingerprint density at radius 2 is 2.12 bits per heavy atom. The fourth-order valence-corrected chi connectivity index (χ4v) is 2.56. The highest BCUT2D eigenvalue weighted by Crippen LogP contribution is 2.31. The van der Waals surface area contributed by atoms with E-state index in [9.17, 15) is 0 Å². The van der Waals surface area contributed by atoms with E-state index in [1.807, 2.05) is 12.1 Å². The summed E-state index contributed by atoms with van der Waals surface area (Å²) in [4.78, 5) is 4.50. The van der Waals surface area contributed by atoms with E-state index in [-0.39, 0.29) is 5.54 Å². The molecule has 92 valence electrons. The number of anilines is 1. The first kappa shape index (κ1) is 12.3. The highest BCUT2D eigenvalue weighted by molar-refractivity contribution is 7.80. The second kappa shape index (κ2) is 5.00. The van der Waals surface area contributed by atoms with Crippen LogP contribution in [-0.4, -0.2) is 15.5 Å². The molecule has 3 N–H and O–H groups in total. The Morgan fingerprint density at radius 1 is 1.41 bits per heavy atom. The predicted molar refractivity (Wildman–Crippen MR) is 75.2 cm³/mol. The highest BCUT2D eigenvalue weighted by Gasteiger charge is 2.26. The van der Waals surface area contributed by atoms with Crippen LogP contribution in [0.2, 0.25) is 0 Å². The van der Waals surface area contributed by atoms with Gasteiger partial charge < -0.3 is 11.1 Å². The van der Waals surface area contributed by atoms with Crippen LogP contribution < -0.4 is 11.1 Å². The standard InChI is InChI=1S/C13H19N3S/c1-13(6-3-2-4-7-13)16-10-5-8-15-11(9-10)12(14)17/h5,8-9H,2-4,6-7H2,1H3,(H2,14,17)(H,15,16). The lowest BCUT2D eigenvalue weighted by atomic mass is 9.83. The van der Waals surface area contributed by atoms with Crippen LogP contribution in [0.3, 0.4) is 0 Å². The van der Waals surface area contributed by atoms with Crippen LogP contribution in [-0.2, 0) is 0 Å². The summed E-state index contributed by atoms with van der Waals surface area (Å²) in [7, 11) is 0. The molecule has 1 aliphatic carbocycles. The maximum atomic E-state index is 5.59. The Hall–Kier alpha value is -1.16. The molecule has 0 bridgehead atoms. The second-order valence-corrected chi connectivity index (χ2v) is 5.48. The molecule has 0 amide bonds. The van der Waals surface area contributed by atoms with Gasteiger partial charge in [-0.25, -0.2) is 0 Å². The molecular formula is C13H19N3S.